The van der Waals surface area contributed by atoms with Crippen LogP contribution in [0, 0.1) is 0 Å². The van der Waals surface area contributed by atoms with Gasteiger partial charge in [0.2, 0.25) is 0 Å². The Morgan fingerprint density at radius 3 is 1.93 bits per heavy atom. The minimum Gasteiger partial charge on any atom is -0.309 e. The highest BCUT2D eigenvalue weighted by molar-refractivity contribution is 7.26. The van der Waals surface area contributed by atoms with Crippen LogP contribution in [0.15, 0.2) is 170 Å². The van der Waals surface area contributed by atoms with Crippen molar-refractivity contribution in [1.29, 1.82) is 0 Å². The summed E-state index contributed by atoms with van der Waals surface area (Å²) in [6, 6.07) is 64.0. The van der Waals surface area contributed by atoms with Gasteiger partial charge in [-0.05, 0) is 104 Å². The molecule has 1 nitrogen and oxygen atoms in total. The van der Waals surface area contributed by atoms with Gasteiger partial charge in [0.1, 0.15) is 0 Å². The molecule has 2 aliphatic carbocycles. The average molecular weight is 720 g/mol. The van der Waals surface area contributed by atoms with Crippen molar-refractivity contribution in [2.24, 2.45) is 0 Å². The smallest absolute Gasteiger partial charge is 0.0540 e. The number of nitrogens with zero attached hydrogens (tertiary/aromatic N) is 1. The molecule has 1 aliphatic heterocycles. The summed E-state index contributed by atoms with van der Waals surface area (Å²) in [5.41, 5.74) is 20.6. The van der Waals surface area contributed by atoms with Gasteiger partial charge in [0.15, 0.2) is 0 Å². The van der Waals surface area contributed by atoms with Crippen molar-refractivity contribution in [2.75, 3.05) is 4.90 Å². The highest BCUT2D eigenvalue weighted by Crippen LogP contribution is 2.63. The third-order valence-electron chi connectivity index (χ3n) is 13.1. The Bertz CT molecular complexity index is 3110. The maximum absolute atomic E-state index is 2.58. The molecular weight excluding hydrogens is 683 g/mol. The zero-order valence-electron chi connectivity index (χ0n) is 31.0. The first-order valence-corrected chi connectivity index (χ1v) is 20.2. The molecule has 3 aliphatic rings. The predicted molar refractivity (Wildman–Crippen MR) is 233 cm³/mol. The van der Waals surface area contributed by atoms with Crippen molar-refractivity contribution in [1.82, 2.24) is 0 Å². The van der Waals surface area contributed by atoms with E-state index in [1.54, 1.807) is 0 Å². The molecule has 55 heavy (non-hydrogen) atoms. The average Bonchev–Trinajstić information content (AvgIpc) is 3.83. The Kier molecular flexibility index (Phi) is 6.20. The molecule has 2 heterocycles. The summed E-state index contributed by atoms with van der Waals surface area (Å²) in [5, 5.41) is 2.66. The van der Waals surface area contributed by atoms with Crippen LogP contribution >= 0.6 is 11.3 Å². The summed E-state index contributed by atoms with van der Waals surface area (Å²) < 4.78 is 2.68. The lowest BCUT2D eigenvalue weighted by Gasteiger charge is -2.43. The van der Waals surface area contributed by atoms with Gasteiger partial charge in [-0.3, -0.25) is 0 Å². The van der Waals surface area contributed by atoms with Gasteiger partial charge in [0, 0.05) is 36.6 Å². The number of fused-ring (bicyclic) bond motifs is 11. The Morgan fingerprint density at radius 2 is 1.04 bits per heavy atom. The summed E-state index contributed by atoms with van der Waals surface area (Å²) in [4.78, 5) is 2.58. The van der Waals surface area contributed by atoms with Gasteiger partial charge < -0.3 is 4.90 Å². The third kappa shape index (κ3) is 3.97. The largest absolute Gasteiger partial charge is 0.309 e. The van der Waals surface area contributed by atoms with Crippen LogP contribution in [0.1, 0.15) is 48.6 Å². The summed E-state index contributed by atoms with van der Waals surface area (Å²) in [7, 11) is 0. The van der Waals surface area contributed by atoms with Crippen LogP contribution in [0.25, 0.3) is 64.7 Å². The van der Waals surface area contributed by atoms with Gasteiger partial charge in [-0.25, -0.2) is 0 Å². The Hall–Kier alpha value is -6.22. The molecule has 0 saturated heterocycles. The van der Waals surface area contributed by atoms with Gasteiger partial charge in [-0.15, -0.1) is 11.3 Å². The number of thiophene rings is 1. The summed E-state index contributed by atoms with van der Waals surface area (Å²) >= 11 is 1.90. The molecular formula is C53H37NS. The fourth-order valence-corrected chi connectivity index (χ4v) is 11.8. The highest BCUT2D eigenvalue weighted by Gasteiger charge is 2.48. The van der Waals surface area contributed by atoms with Crippen molar-refractivity contribution < 1.29 is 0 Å². The van der Waals surface area contributed by atoms with Crippen LogP contribution in [0.5, 0.6) is 0 Å². The molecule has 1 atom stereocenters. The normalized spacial score (nSPS) is 16.8. The quantitative estimate of drug-likeness (QED) is 0.176. The first kappa shape index (κ1) is 31.2. The number of hydrogen-bond donors (Lipinski definition) is 0. The second-order valence-corrected chi connectivity index (χ2v) is 17.2. The zero-order valence-corrected chi connectivity index (χ0v) is 31.8. The summed E-state index contributed by atoms with van der Waals surface area (Å²) in [6.07, 6.45) is 0. The van der Waals surface area contributed by atoms with Gasteiger partial charge in [0.05, 0.1) is 17.1 Å². The molecule has 0 saturated carbocycles. The van der Waals surface area contributed by atoms with E-state index in [-0.39, 0.29) is 10.8 Å². The SMILES string of the molecule is CC1(C)c2ccccc2-c2c(-c3ccccc3N3c4ccc(-c5cccc6c5sc5ccccc56)cc4C4(C)c5ccccc5-c5cccc3c54)cccc21. The van der Waals surface area contributed by atoms with Crippen LogP contribution in [0.2, 0.25) is 0 Å². The van der Waals surface area contributed by atoms with E-state index < -0.39 is 0 Å². The molecule has 0 radical (unpaired) electrons. The molecule has 0 N–H and O–H groups in total. The van der Waals surface area contributed by atoms with Crippen LogP contribution in [0.4, 0.5) is 17.1 Å². The lowest BCUT2D eigenvalue weighted by molar-refractivity contribution is 0.660. The number of benzene rings is 8. The van der Waals surface area contributed by atoms with E-state index in [1.165, 1.54) is 110 Å². The van der Waals surface area contributed by atoms with E-state index in [2.05, 4.69) is 196 Å². The second kappa shape index (κ2) is 10.9. The minimum atomic E-state index is -0.329. The number of rotatable bonds is 3. The Morgan fingerprint density at radius 1 is 0.418 bits per heavy atom. The third-order valence-corrected chi connectivity index (χ3v) is 14.3. The number of para-hydroxylation sites is 1. The standard InChI is InChI=1S/C53H37NS/c1-52(2)41-23-8-5-18-40(41)49-37(20-13-25-43(49)52)35-16-6-10-26-45(35)54-46-30-29-32(33-19-12-22-39-36-17-7-11-28-48(36)55-51(33)39)31-44(46)53(3)42-24-9-4-15-34(42)38-21-14-27-47(54)50(38)53/h4-31H,1-3H3. The van der Waals surface area contributed by atoms with E-state index >= 15 is 0 Å². The van der Waals surface area contributed by atoms with Gasteiger partial charge in [-0.1, -0.05) is 153 Å². The molecule has 1 aromatic heterocycles. The van der Waals surface area contributed by atoms with Gasteiger partial charge in [0.25, 0.3) is 0 Å². The number of hydrogen-bond acceptors (Lipinski definition) is 2. The Labute approximate surface area is 325 Å². The number of anilines is 3. The molecule has 260 valence electrons. The molecule has 0 bridgehead atoms. The molecule has 1 unspecified atom stereocenters. The predicted octanol–water partition coefficient (Wildman–Crippen LogP) is 14.8. The molecule has 12 rings (SSSR count). The van der Waals surface area contributed by atoms with Crippen LogP contribution in [0.3, 0.4) is 0 Å². The first-order chi connectivity index (χ1) is 26.9. The topological polar surface area (TPSA) is 3.24 Å². The first-order valence-electron chi connectivity index (χ1n) is 19.4. The minimum absolute atomic E-state index is 0.0733. The lowest BCUT2D eigenvalue weighted by atomic mass is 9.70. The van der Waals surface area contributed by atoms with Crippen LogP contribution < -0.4 is 4.90 Å². The molecule has 0 amide bonds. The maximum Gasteiger partial charge on any atom is 0.0540 e. The molecule has 0 spiro atoms. The molecule has 9 aromatic rings. The lowest BCUT2D eigenvalue weighted by Crippen LogP contribution is -2.32. The second-order valence-electron chi connectivity index (χ2n) is 16.1. The van der Waals surface area contributed by atoms with E-state index in [0.717, 1.165) is 0 Å². The monoisotopic (exact) mass is 719 g/mol. The van der Waals surface area contributed by atoms with Crippen molar-refractivity contribution in [3.8, 4) is 44.5 Å². The van der Waals surface area contributed by atoms with Crippen molar-refractivity contribution in [3.05, 3.63) is 198 Å². The molecule has 8 aromatic carbocycles. The summed E-state index contributed by atoms with van der Waals surface area (Å²) in [5.74, 6) is 0. The highest BCUT2D eigenvalue weighted by atomic mass is 32.1. The zero-order chi connectivity index (χ0) is 36.6. The summed E-state index contributed by atoms with van der Waals surface area (Å²) in [6.45, 7) is 7.21. The van der Waals surface area contributed by atoms with E-state index in [4.69, 9.17) is 0 Å². The molecule has 0 fully saturated rings. The van der Waals surface area contributed by atoms with E-state index in [9.17, 15) is 0 Å². The van der Waals surface area contributed by atoms with E-state index in [0.29, 0.717) is 0 Å². The van der Waals surface area contributed by atoms with Crippen LogP contribution in [-0.2, 0) is 10.8 Å². The van der Waals surface area contributed by atoms with Crippen molar-refractivity contribution in [2.45, 2.75) is 31.6 Å². The van der Waals surface area contributed by atoms with E-state index in [1.807, 2.05) is 11.3 Å². The van der Waals surface area contributed by atoms with Crippen LogP contribution in [-0.4, -0.2) is 0 Å². The Balaban J connectivity index is 1.14. The fraction of sp³-hybridized carbons (Fsp3) is 0.0943. The van der Waals surface area contributed by atoms with Gasteiger partial charge >= 0.3 is 0 Å². The van der Waals surface area contributed by atoms with Crippen molar-refractivity contribution in [3.63, 3.8) is 0 Å². The fourth-order valence-electron chi connectivity index (χ4n) is 10.6. The maximum atomic E-state index is 2.58. The van der Waals surface area contributed by atoms with Crippen molar-refractivity contribution >= 4 is 48.6 Å². The molecule has 2 heteroatoms. The van der Waals surface area contributed by atoms with Gasteiger partial charge in [-0.2, -0.15) is 0 Å².